The third-order valence-corrected chi connectivity index (χ3v) is 4.17. The van der Waals surface area contributed by atoms with Gasteiger partial charge in [0.15, 0.2) is 0 Å². The Morgan fingerprint density at radius 2 is 2.00 bits per heavy atom. The van der Waals surface area contributed by atoms with Crippen LogP contribution in [-0.2, 0) is 11.0 Å². The van der Waals surface area contributed by atoms with E-state index in [0.29, 0.717) is 5.39 Å². The van der Waals surface area contributed by atoms with E-state index >= 15 is 0 Å². The molecule has 1 heterocycles. The van der Waals surface area contributed by atoms with E-state index in [-0.39, 0.29) is 28.2 Å². The number of benzene rings is 1. The van der Waals surface area contributed by atoms with Gasteiger partial charge in [-0.15, -0.1) is 0 Å². The molecule has 1 aromatic carbocycles. The van der Waals surface area contributed by atoms with Gasteiger partial charge in [-0.2, -0.15) is 13.2 Å². The molecule has 0 spiro atoms. The van der Waals surface area contributed by atoms with Crippen molar-refractivity contribution < 1.29 is 18.0 Å². The minimum atomic E-state index is -4.63. The number of carbonyl (C=O) groups is 1. The highest BCUT2D eigenvalue weighted by atomic mass is 32.2. The quantitative estimate of drug-likeness (QED) is 0.665. The molecule has 0 fully saturated rings. The van der Waals surface area contributed by atoms with Crippen molar-refractivity contribution in [3.63, 3.8) is 0 Å². The largest absolute Gasteiger partial charge is 0.451 e. The molecule has 1 amide bonds. The summed E-state index contributed by atoms with van der Waals surface area (Å²) in [5.41, 5.74) is 0.208. The lowest BCUT2D eigenvalue weighted by Crippen LogP contribution is -2.33. The molecular formula is C15H16F3N3OS. The van der Waals surface area contributed by atoms with Crippen LogP contribution in [0.2, 0.25) is 0 Å². The van der Waals surface area contributed by atoms with Gasteiger partial charge in [-0.3, -0.25) is 4.79 Å². The van der Waals surface area contributed by atoms with E-state index in [0.717, 1.165) is 18.2 Å². The van der Waals surface area contributed by atoms with Crippen molar-refractivity contribution in [2.75, 3.05) is 5.75 Å². The summed E-state index contributed by atoms with van der Waals surface area (Å²) in [4.78, 5) is 18.9. The van der Waals surface area contributed by atoms with Crippen molar-refractivity contribution in [1.29, 1.82) is 0 Å². The lowest BCUT2D eigenvalue weighted by atomic mass is 10.2. The third-order valence-electron chi connectivity index (χ3n) is 3.18. The maximum atomic E-state index is 12.9. The van der Waals surface area contributed by atoms with Gasteiger partial charge in [-0.05, 0) is 19.4 Å². The fourth-order valence-corrected chi connectivity index (χ4v) is 2.67. The van der Waals surface area contributed by atoms with E-state index in [1.54, 1.807) is 18.2 Å². The van der Waals surface area contributed by atoms with Crippen LogP contribution in [0.15, 0.2) is 29.3 Å². The molecule has 1 aromatic heterocycles. The molecule has 0 saturated carbocycles. The Labute approximate surface area is 135 Å². The number of fused-ring (bicyclic) bond motifs is 1. The summed E-state index contributed by atoms with van der Waals surface area (Å²) in [5.74, 6) is -1.43. The Morgan fingerprint density at radius 1 is 1.30 bits per heavy atom. The lowest BCUT2D eigenvalue weighted by molar-refractivity contribution is -0.145. The highest BCUT2D eigenvalue weighted by Crippen LogP contribution is 2.31. The van der Waals surface area contributed by atoms with E-state index < -0.39 is 12.0 Å². The highest BCUT2D eigenvalue weighted by Gasteiger charge is 2.35. The fourth-order valence-electron chi connectivity index (χ4n) is 1.84. The first-order chi connectivity index (χ1) is 10.8. The monoisotopic (exact) mass is 343 g/mol. The average Bonchev–Trinajstić information content (AvgIpc) is 2.51. The predicted octanol–water partition coefficient (Wildman–Crippen LogP) is 3.66. The number of nitrogens with zero attached hydrogens (tertiary/aromatic N) is 2. The Kier molecular flexibility index (Phi) is 5.46. The number of aromatic nitrogens is 2. The number of hydrogen-bond acceptors (Lipinski definition) is 4. The number of carbonyl (C=O) groups excluding carboxylic acids is 1. The zero-order valence-electron chi connectivity index (χ0n) is 12.6. The molecule has 124 valence electrons. The standard InChI is InChI=1S/C15H16F3N3OS/c1-3-9(2)19-12(22)8-23-13-10-6-4-5-7-11(10)20-14(21-13)15(16,17)18/h4-7,9H,3,8H2,1-2H3,(H,19,22)/t9-/m1/s1. The number of para-hydroxylation sites is 1. The molecule has 4 nitrogen and oxygen atoms in total. The number of alkyl halides is 3. The number of halogens is 3. The number of thioether (sulfide) groups is 1. The van der Waals surface area contributed by atoms with Crippen molar-refractivity contribution >= 4 is 28.6 Å². The summed E-state index contributed by atoms with van der Waals surface area (Å²) in [5, 5.41) is 3.42. The van der Waals surface area contributed by atoms with Gasteiger partial charge in [-0.1, -0.05) is 36.9 Å². The molecule has 1 N–H and O–H groups in total. The molecule has 0 unspecified atom stereocenters. The minimum absolute atomic E-state index is 0.00262. The van der Waals surface area contributed by atoms with E-state index in [1.807, 2.05) is 13.8 Å². The van der Waals surface area contributed by atoms with Gasteiger partial charge in [0.2, 0.25) is 11.7 Å². The predicted molar refractivity (Wildman–Crippen MR) is 83.2 cm³/mol. The highest BCUT2D eigenvalue weighted by molar-refractivity contribution is 8.00. The molecule has 0 aliphatic heterocycles. The normalized spacial score (nSPS) is 13.1. The van der Waals surface area contributed by atoms with Gasteiger partial charge in [0.05, 0.1) is 11.3 Å². The van der Waals surface area contributed by atoms with Gasteiger partial charge in [0.25, 0.3) is 0 Å². The van der Waals surface area contributed by atoms with Crippen molar-refractivity contribution in [1.82, 2.24) is 15.3 Å². The van der Waals surface area contributed by atoms with Gasteiger partial charge in [0.1, 0.15) is 5.03 Å². The average molecular weight is 343 g/mol. The van der Waals surface area contributed by atoms with Crippen LogP contribution in [0.1, 0.15) is 26.1 Å². The van der Waals surface area contributed by atoms with Crippen LogP contribution in [-0.4, -0.2) is 27.7 Å². The Hall–Kier alpha value is -1.83. The second kappa shape index (κ2) is 7.16. The summed E-state index contributed by atoms with van der Waals surface area (Å²) in [7, 11) is 0. The third kappa shape index (κ3) is 4.57. The van der Waals surface area contributed by atoms with Crippen LogP contribution in [0.3, 0.4) is 0 Å². The summed E-state index contributed by atoms with van der Waals surface area (Å²) in [6.45, 7) is 3.80. The fraction of sp³-hybridized carbons (Fsp3) is 0.400. The van der Waals surface area contributed by atoms with Gasteiger partial charge >= 0.3 is 6.18 Å². The summed E-state index contributed by atoms with van der Waals surface area (Å²) in [6.07, 6.45) is -3.84. The molecule has 1 atom stereocenters. The zero-order chi connectivity index (χ0) is 17.0. The molecule has 0 saturated heterocycles. The number of rotatable bonds is 5. The van der Waals surface area contributed by atoms with E-state index in [2.05, 4.69) is 15.3 Å². The summed E-state index contributed by atoms with van der Waals surface area (Å²) >= 11 is 0.978. The van der Waals surface area contributed by atoms with Crippen molar-refractivity contribution in [2.45, 2.75) is 37.5 Å². The molecule has 2 rings (SSSR count). The van der Waals surface area contributed by atoms with Gasteiger partial charge in [-0.25, -0.2) is 9.97 Å². The summed E-state index contributed by atoms with van der Waals surface area (Å²) < 4.78 is 38.7. The molecule has 8 heteroatoms. The topological polar surface area (TPSA) is 54.9 Å². The Balaban J connectivity index is 2.26. The first kappa shape index (κ1) is 17.5. The molecule has 0 aliphatic carbocycles. The number of nitrogens with one attached hydrogen (secondary N) is 1. The molecular weight excluding hydrogens is 327 g/mol. The smallest absolute Gasteiger partial charge is 0.353 e. The van der Waals surface area contributed by atoms with Gasteiger partial charge < -0.3 is 5.32 Å². The van der Waals surface area contributed by atoms with Crippen LogP contribution in [0.5, 0.6) is 0 Å². The molecule has 0 bridgehead atoms. The molecule has 23 heavy (non-hydrogen) atoms. The maximum Gasteiger partial charge on any atom is 0.451 e. The van der Waals surface area contributed by atoms with Crippen LogP contribution in [0, 0.1) is 0 Å². The number of hydrogen-bond donors (Lipinski definition) is 1. The van der Waals surface area contributed by atoms with Gasteiger partial charge in [0, 0.05) is 11.4 Å². The first-order valence-corrected chi connectivity index (χ1v) is 8.06. The lowest BCUT2D eigenvalue weighted by Gasteiger charge is -2.12. The first-order valence-electron chi connectivity index (χ1n) is 7.07. The Bertz CT molecular complexity index is 706. The van der Waals surface area contributed by atoms with Crippen LogP contribution >= 0.6 is 11.8 Å². The minimum Gasteiger partial charge on any atom is -0.353 e. The molecule has 0 aliphatic rings. The van der Waals surface area contributed by atoms with Crippen molar-refractivity contribution in [3.05, 3.63) is 30.1 Å². The van der Waals surface area contributed by atoms with Crippen LogP contribution < -0.4 is 5.32 Å². The van der Waals surface area contributed by atoms with E-state index in [1.165, 1.54) is 6.07 Å². The second-order valence-corrected chi connectivity index (χ2v) is 6.00. The number of amides is 1. The Morgan fingerprint density at radius 3 is 2.65 bits per heavy atom. The van der Waals surface area contributed by atoms with Crippen LogP contribution in [0.4, 0.5) is 13.2 Å². The second-order valence-electron chi connectivity index (χ2n) is 5.03. The maximum absolute atomic E-state index is 12.9. The van der Waals surface area contributed by atoms with Crippen molar-refractivity contribution in [3.8, 4) is 0 Å². The zero-order valence-corrected chi connectivity index (χ0v) is 13.5. The van der Waals surface area contributed by atoms with E-state index in [4.69, 9.17) is 0 Å². The SMILES string of the molecule is CC[C@@H](C)NC(=O)CSc1nc(C(F)(F)F)nc2ccccc12. The van der Waals surface area contributed by atoms with Crippen LogP contribution in [0.25, 0.3) is 10.9 Å². The molecule has 2 aromatic rings. The van der Waals surface area contributed by atoms with Crippen molar-refractivity contribution in [2.24, 2.45) is 0 Å². The summed E-state index contributed by atoms with van der Waals surface area (Å²) in [6, 6.07) is 6.47. The van der Waals surface area contributed by atoms with E-state index in [9.17, 15) is 18.0 Å². The molecule has 0 radical (unpaired) electrons.